The van der Waals surface area contributed by atoms with Crippen LogP contribution in [0.4, 0.5) is 0 Å². The lowest BCUT2D eigenvalue weighted by molar-refractivity contribution is -0.120. The van der Waals surface area contributed by atoms with Gasteiger partial charge < -0.3 is 11.5 Å². The number of rotatable bonds is 13. The Kier molecular flexibility index (Phi) is 17.6. The highest BCUT2D eigenvalue weighted by molar-refractivity contribution is 5.77. The van der Waals surface area contributed by atoms with Crippen LogP contribution < -0.4 is 11.5 Å². The summed E-state index contributed by atoms with van der Waals surface area (Å²) in [5, 5.41) is 3.08. The summed E-state index contributed by atoms with van der Waals surface area (Å²) < 4.78 is 0. The molecule has 0 aromatic heterocycles. The predicted octanol–water partition coefficient (Wildman–Crippen LogP) is 6.28. The van der Waals surface area contributed by atoms with Crippen molar-refractivity contribution in [2.75, 3.05) is 0 Å². The van der Waals surface area contributed by atoms with Crippen molar-refractivity contribution in [2.45, 2.75) is 105 Å². The van der Waals surface area contributed by atoms with Gasteiger partial charge in [0.05, 0.1) is 0 Å². The fourth-order valence-corrected chi connectivity index (χ4v) is 2.54. The summed E-state index contributed by atoms with van der Waals surface area (Å²) in [5.41, 5.74) is 2.43. The first-order valence-corrected chi connectivity index (χ1v) is 9.14. The average molecular weight is 313 g/mol. The summed E-state index contributed by atoms with van der Waals surface area (Å²) in [4.78, 5) is 11.9. The van der Waals surface area contributed by atoms with Crippen LogP contribution in [-0.4, -0.2) is 5.91 Å². The van der Waals surface area contributed by atoms with E-state index < -0.39 is 0 Å². The van der Waals surface area contributed by atoms with Crippen molar-refractivity contribution >= 4 is 5.91 Å². The zero-order valence-electron chi connectivity index (χ0n) is 15.6. The molecule has 0 saturated heterocycles. The number of hydrogen-bond donors (Lipinski definition) is 2. The third-order valence-electron chi connectivity index (χ3n) is 4.20. The van der Waals surface area contributed by atoms with E-state index in [-0.39, 0.29) is 12.1 Å². The van der Waals surface area contributed by atoms with Gasteiger partial charge in [-0.2, -0.15) is 0 Å². The molecule has 3 nitrogen and oxygen atoms in total. The summed E-state index contributed by atoms with van der Waals surface area (Å²) in [5.74, 6) is 0.197. The van der Waals surface area contributed by atoms with Gasteiger partial charge in [0.1, 0.15) is 0 Å². The summed E-state index contributed by atoms with van der Waals surface area (Å²) >= 11 is 0. The van der Waals surface area contributed by atoms with Crippen LogP contribution in [0.25, 0.3) is 0 Å². The predicted molar refractivity (Wildman–Crippen MR) is 98.3 cm³/mol. The normalized spacial score (nSPS) is 11.6. The minimum absolute atomic E-state index is 0. The number of nitrogens with one attached hydrogen (secondary N) is 1. The monoisotopic (exact) mass is 312 g/mol. The molecule has 0 atom stereocenters. The van der Waals surface area contributed by atoms with Crippen LogP contribution >= 0.6 is 0 Å². The number of carbonyl (C=O) groups excluding carboxylic acids is 1. The molecule has 0 spiro atoms. The number of carbonyl (C=O) groups is 1. The third-order valence-corrected chi connectivity index (χ3v) is 4.20. The van der Waals surface area contributed by atoms with Crippen LogP contribution in [-0.2, 0) is 4.79 Å². The quantitative estimate of drug-likeness (QED) is 0.393. The number of unbranched alkanes of at least 4 members (excludes halogenated alkanes) is 8. The zero-order valence-corrected chi connectivity index (χ0v) is 15.6. The molecule has 0 aliphatic heterocycles. The SMILES string of the molecule is CCCCCCCCCCCC(=O)NC(CC)=C(C)CC.N. The van der Waals surface area contributed by atoms with Crippen molar-refractivity contribution in [3.63, 3.8) is 0 Å². The Morgan fingerprint density at radius 1 is 0.773 bits per heavy atom. The first-order valence-electron chi connectivity index (χ1n) is 9.14. The van der Waals surface area contributed by atoms with Gasteiger partial charge in [0.25, 0.3) is 0 Å². The largest absolute Gasteiger partial charge is 0.344 e. The molecule has 0 aromatic rings. The Hall–Kier alpha value is -0.830. The first kappa shape index (κ1) is 23.4. The number of allylic oxidation sites excluding steroid dienone is 2. The number of hydrogen-bond acceptors (Lipinski definition) is 2. The average Bonchev–Trinajstić information content (AvgIpc) is 2.50. The second kappa shape index (κ2) is 16.5. The van der Waals surface area contributed by atoms with Crippen molar-refractivity contribution in [1.82, 2.24) is 11.5 Å². The fourth-order valence-electron chi connectivity index (χ4n) is 2.54. The van der Waals surface area contributed by atoms with Gasteiger partial charge in [-0.25, -0.2) is 0 Å². The first-order chi connectivity index (χ1) is 10.2. The second-order valence-corrected chi connectivity index (χ2v) is 6.09. The van der Waals surface area contributed by atoms with Gasteiger partial charge in [-0.05, 0) is 26.2 Å². The van der Waals surface area contributed by atoms with Crippen molar-refractivity contribution in [1.29, 1.82) is 0 Å². The Morgan fingerprint density at radius 3 is 1.73 bits per heavy atom. The van der Waals surface area contributed by atoms with Crippen molar-refractivity contribution in [3.05, 3.63) is 11.3 Å². The molecule has 4 N–H and O–H groups in total. The highest BCUT2D eigenvalue weighted by Gasteiger charge is 2.05. The third kappa shape index (κ3) is 12.9. The molecule has 0 heterocycles. The van der Waals surface area contributed by atoms with Gasteiger partial charge in [0, 0.05) is 12.1 Å². The van der Waals surface area contributed by atoms with Crippen LogP contribution in [0.15, 0.2) is 11.3 Å². The summed E-state index contributed by atoms with van der Waals surface area (Å²) in [6, 6.07) is 0. The molecule has 0 fully saturated rings. The van der Waals surface area contributed by atoms with Crippen LogP contribution in [0.3, 0.4) is 0 Å². The van der Waals surface area contributed by atoms with Crippen molar-refractivity contribution < 1.29 is 4.79 Å². The molecule has 3 heteroatoms. The lowest BCUT2D eigenvalue weighted by Gasteiger charge is -2.11. The van der Waals surface area contributed by atoms with E-state index in [9.17, 15) is 4.79 Å². The molecule has 0 saturated carbocycles. The van der Waals surface area contributed by atoms with E-state index >= 15 is 0 Å². The molecule has 0 radical (unpaired) electrons. The molecular weight excluding hydrogens is 272 g/mol. The van der Waals surface area contributed by atoms with E-state index in [0.717, 1.165) is 25.0 Å². The Labute approximate surface area is 138 Å². The maximum Gasteiger partial charge on any atom is 0.224 e. The van der Waals surface area contributed by atoms with E-state index in [1.807, 2.05) is 0 Å². The molecule has 132 valence electrons. The van der Waals surface area contributed by atoms with Gasteiger partial charge in [-0.15, -0.1) is 0 Å². The molecule has 0 unspecified atom stereocenters. The highest BCUT2D eigenvalue weighted by atomic mass is 16.1. The summed E-state index contributed by atoms with van der Waals surface area (Å²) in [6.07, 6.45) is 14.3. The molecular formula is C19H40N2O. The zero-order chi connectivity index (χ0) is 15.9. The van der Waals surface area contributed by atoms with E-state index in [1.54, 1.807) is 0 Å². The fraction of sp³-hybridized carbons (Fsp3) is 0.842. The summed E-state index contributed by atoms with van der Waals surface area (Å²) in [7, 11) is 0. The van der Waals surface area contributed by atoms with Crippen LogP contribution in [0.2, 0.25) is 0 Å². The standard InChI is InChI=1S/C19H37NO.H3N/c1-5-8-9-10-11-12-13-14-15-16-19(21)20-18(7-3)17(4)6-2;/h5-16H2,1-4H3,(H,20,21);1H3. The van der Waals surface area contributed by atoms with Crippen LogP contribution in [0, 0.1) is 0 Å². The van der Waals surface area contributed by atoms with Crippen LogP contribution in [0.1, 0.15) is 105 Å². The second-order valence-electron chi connectivity index (χ2n) is 6.09. The van der Waals surface area contributed by atoms with Crippen molar-refractivity contribution in [3.8, 4) is 0 Å². The van der Waals surface area contributed by atoms with E-state index in [4.69, 9.17) is 0 Å². The smallest absolute Gasteiger partial charge is 0.224 e. The molecule has 0 aromatic carbocycles. The highest BCUT2D eigenvalue weighted by Crippen LogP contribution is 2.12. The topological polar surface area (TPSA) is 64.1 Å². The summed E-state index contributed by atoms with van der Waals surface area (Å²) in [6.45, 7) is 8.61. The van der Waals surface area contributed by atoms with Gasteiger partial charge in [0.15, 0.2) is 0 Å². The minimum Gasteiger partial charge on any atom is -0.344 e. The maximum atomic E-state index is 11.9. The maximum absolute atomic E-state index is 11.9. The molecule has 0 aliphatic carbocycles. The van der Waals surface area contributed by atoms with Gasteiger partial charge in [-0.1, -0.05) is 77.7 Å². The molecule has 0 rings (SSSR count). The molecule has 0 aliphatic rings. The van der Waals surface area contributed by atoms with Crippen LogP contribution in [0.5, 0.6) is 0 Å². The van der Waals surface area contributed by atoms with Gasteiger partial charge in [0.2, 0.25) is 5.91 Å². The Balaban J connectivity index is 0. The van der Waals surface area contributed by atoms with Crippen molar-refractivity contribution in [2.24, 2.45) is 0 Å². The minimum atomic E-state index is 0. The van der Waals surface area contributed by atoms with Gasteiger partial charge >= 0.3 is 0 Å². The Bertz CT molecular complexity index is 298. The lowest BCUT2D eigenvalue weighted by Crippen LogP contribution is -2.23. The van der Waals surface area contributed by atoms with E-state index in [2.05, 4.69) is 33.0 Å². The Morgan fingerprint density at radius 2 is 1.27 bits per heavy atom. The lowest BCUT2D eigenvalue weighted by atomic mass is 10.1. The van der Waals surface area contributed by atoms with Gasteiger partial charge in [-0.3, -0.25) is 4.79 Å². The molecule has 1 amide bonds. The molecule has 0 bridgehead atoms. The molecule has 22 heavy (non-hydrogen) atoms. The van der Waals surface area contributed by atoms with E-state index in [0.29, 0.717) is 6.42 Å². The number of amides is 1. The van der Waals surface area contributed by atoms with E-state index in [1.165, 1.54) is 56.9 Å².